The van der Waals surface area contributed by atoms with Gasteiger partial charge < -0.3 is 20.7 Å². The maximum Gasteiger partial charge on any atom is 0.318 e. The average molecular weight is 356 g/mol. The molecule has 138 valence electrons. The van der Waals surface area contributed by atoms with Crippen molar-refractivity contribution in [3.63, 3.8) is 0 Å². The standard InChI is InChI=1S/C18H24N6O2/c1-3-4-7-26-18-21-14(8-19)16-17(23-18)24(11-15(25)22-16)10-13-6-5-12(2)20-9-13/h5-6,9H,3-4,7-8,10-11,19H2,1-2H3,(H,22,25). The predicted molar refractivity (Wildman–Crippen MR) is 99.0 cm³/mol. The summed E-state index contributed by atoms with van der Waals surface area (Å²) < 4.78 is 5.67. The second-order valence-corrected chi connectivity index (χ2v) is 6.27. The first-order valence-electron chi connectivity index (χ1n) is 8.80. The number of nitrogens with one attached hydrogen (secondary N) is 1. The van der Waals surface area contributed by atoms with Gasteiger partial charge in [0.05, 0.1) is 18.8 Å². The Kier molecular flexibility index (Phi) is 5.62. The van der Waals surface area contributed by atoms with Crippen molar-refractivity contribution in [2.24, 2.45) is 5.73 Å². The third kappa shape index (κ3) is 4.08. The van der Waals surface area contributed by atoms with Crippen molar-refractivity contribution in [1.29, 1.82) is 0 Å². The van der Waals surface area contributed by atoms with Gasteiger partial charge in [0.25, 0.3) is 0 Å². The summed E-state index contributed by atoms with van der Waals surface area (Å²) in [4.78, 5) is 27.2. The van der Waals surface area contributed by atoms with E-state index < -0.39 is 0 Å². The minimum atomic E-state index is -0.115. The summed E-state index contributed by atoms with van der Waals surface area (Å²) in [7, 11) is 0. The summed E-state index contributed by atoms with van der Waals surface area (Å²) in [5.74, 6) is 0.516. The van der Waals surface area contributed by atoms with E-state index in [2.05, 4.69) is 27.2 Å². The number of amides is 1. The molecule has 3 N–H and O–H groups in total. The van der Waals surface area contributed by atoms with Crippen molar-refractivity contribution in [1.82, 2.24) is 15.0 Å². The smallest absolute Gasteiger partial charge is 0.318 e. The highest BCUT2D eigenvalue weighted by atomic mass is 16.5. The van der Waals surface area contributed by atoms with E-state index in [1.165, 1.54) is 0 Å². The zero-order valence-electron chi connectivity index (χ0n) is 15.2. The van der Waals surface area contributed by atoms with Gasteiger partial charge in [-0.05, 0) is 25.0 Å². The number of carbonyl (C=O) groups excluding carboxylic acids is 1. The highest BCUT2D eigenvalue weighted by Gasteiger charge is 2.27. The van der Waals surface area contributed by atoms with E-state index in [4.69, 9.17) is 10.5 Å². The molecule has 0 spiro atoms. The lowest BCUT2D eigenvalue weighted by Crippen LogP contribution is -2.39. The van der Waals surface area contributed by atoms with Gasteiger partial charge >= 0.3 is 6.01 Å². The van der Waals surface area contributed by atoms with E-state index >= 15 is 0 Å². The Morgan fingerprint density at radius 2 is 2.19 bits per heavy atom. The summed E-state index contributed by atoms with van der Waals surface area (Å²) in [6, 6.07) is 4.24. The Bertz CT molecular complexity index is 778. The molecule has 0 radical (unpaired) electrons. The maximum absolute atomic E-state index is 12.1. The molecule has 0 atom stereocenters. The molecule has 1 amide bonds. The summed E-state index contributed by atoms with van der Waals surface area (Å²) in [5.41, 5.74) is 8.91. The van der Waals surface area contributed by atoms with Crippen molar-refractivity contribution in [3.05, 3.63) is 35.3 Å². The fraction of sp³-hybridized carbons (Fsp3) is 0.444. The van der Waals surface area contributed by atoms with Crippen LogP contribution in [0.1, 0.15) is 36.7 Å². The molecule has 8 nitrogen and oxygen atoms in total. The van der Waals surface area contributed by atoms with Crippen molar-refractivity contribution >= 4 is 17.4 Å². The number of rotatable bonds is 7. The zero-order valence-corrected chi connectivity index (χ0v) is 15.2. The highest BCUT2D eigenvalue weighted by Crippen LogP contribution is 2.32. The number of carbonyl (C=O) groups is 1. The van der Waals surface area contributed by atoms with Crippen LogP contribution in [0.15, 0.2) is 18.3 Å². The first-order valence-corrected chi connectivity index (χ1v) is 8.80. The molecule has 0 fully saturated rings. The molecule has 26 heavy (non-hydrogen) atoms. The van der Waals surface area contributed by atoms with Crippen LogP contribution in [0.25, 0.3) is 0 Å². The number of nitrogens with two attached hydrogens (primary N) is 1. The van der Waals surface area contributed by atoms with Crippen LogP contribution in [0.4, 0.5) is 11.5 Å². The number of fused-ring (bicyclic) bond motifs is 1. The number of nitrogens with zero attached hydrogens (tertiary/aromatic N) is 4. The fourth-order valence-corrected chi connectivity index (χ4v) is 2.72. The lowest BCUT2D eigenvalue weighted by molar-refractivity contribution is -0.115. The molecule has 8 heteroatoms. The number of ether oxygens (including phenoxy) is 1. The number of unbranched alkanes of at least 4 members (excludes halogenated alkanes) is 1. The zero-order chi connectivity index (χ0) is 18.5. The molecular weight excluding hydrogens is 332 g/mol. The first-order chi connectivity index (χ1) is 12.6. The van der Waals surface area contributed by atoms with Gasteiger partial charge in [-0.3, -0.25) is 9.78 Å². The van der Waals surface area contributed by atoms with Gasteiger partial charge in [-0.15, -0.1) is 0 Å². The normalized spacial score (nSPS) is 13.3. The second-order valence-electron chi connectivity index (χ2n) is 6.27. The first kappa shape index (κ1) is 18.1. The Hall–Kier alpha value is -2.74. The van der Waals surface area contributed by atoms with Gasteiger partial charge in [-0.2, -0.15) is 9.97 Å². The number of anilines is 2. The molecule has 0 saturated heterocycles. The largest absolute Gasteiger partial charge is 0.463 e. The van der Waals surface area contributed by atoms with Gasteiger partial charge in [0.1, 0.15) is 5.69 Å². The van der Waals surface area contributed by atoms with Crippen molar-refractivity contribution in [3.8, 4) is 6.01 Å². The van der Waals surface area contributed by atoms with Gasteiger partial charge in [-0.1, -0.05) is 19.4 Å². The number of hydrogen-bond donors (Lipinski definition) is 2. The monoisotopic (exact) mass is 356 g/mol. The van der Waals surface area contributed by atoms with E-state index in [-0.39, 0.29) is 19.0 Å². The minimum Gasteiger partial charge on any atom is -0.463 e. The van der Waals surface area contributed by atoms with Crippen LogP contribution in [-0.2, 0) is 17.9 Å². The molecule has 3 heterocycles. The van der Waals surface area contributed by atoms with Crippen molar-refractivity contribution in [2.75, 3.05) is 23.4 Å². The van der Waals surface area contributed by atoms with Crippen LogP contribution in [-0.4, -0.2) is 34.0 Å². The van der Waals surface area contributed by atoms with Gasteiger partial charge in [-0.25, -0.2) is 0 Å². The van der Waals surface area contributed by atoms with E-state index in [0.717, 1.165) is 24.1 Å². The fourth-order valence-electron chi connectivity index (χ4n) is 2.72. The third-order valence-corrected chi connectivity index (χ3v) is 4.11. The van der Waals surface area contributed by atoms with Crippen LogP contribution in [0.3, 0.4) is 0 Å². The van der Waals surface area contributed by atoms with E-state index in [0.29, 0.717) is 36.4 Å². The lowest BCUT2D eigenvalue weighted by Gasteiger charge is -2.30. The lowest BCUT2D eigenvalue weighted by atomic mass is 10.2. The van der Waals surface area contributed by atoms with E-state index in [9.17, 15) is 4.79 Å². The predicted octanol–water partition coefficient (Wildman–Crippen LogP) is 1.78. The van der Waals surface area contributed by atoms with Gasteiger partial charge in [0.2, 0.25) is 5.91 Å². The Labute approximate surface area is 152 Å². The van der Waals surface area contributed by atoms with Crippen molar-refractivity contribution in [2.45, 2.75) is 39.8 Å². The Morgan fingerprint density at radius 3 is 2.88 bits per heavy atom. The van der Waals surface area contributed by atoms with Gasteiger partial charge in [0, 0.05) is 25.0 Å². The van der Waals surface area contributed by atoms with Crippen LogP contribution >= 0.6 is 0 Å². The van der Waals surface area contributed by atoms with Gasteiger partial charge in [0.15, 0.2) is 5.82 Å². The molecule has 0 aromatic carbocycles. The molecular formula is C18H24N6O2. The molecule has 3 rings (SSSR count). The summed E-state index contributed by atoms with van der Waals surface area (Å²) >= 11 is 0. The third-order valence-electron chi connectivity index (χ3n) is 4.11. The molecule has 2 aromatic heterocycles. The quantitative estimate of drug-likeness (QED) is 0.728. The highest BCUT2D eigenvalue weighted by molar-refractivity contribution is 6.00. The van der Waals surface area contributed by atoms with E-state index in [1.54, 1.807) is 0 Å². The SMILES string of the molecule is CCCCOc1nc(CN)c2c(n1)N(Cc1ccc(C)nc1)CC(=O)N2. The van der Waals surface area contributed by atoms with Crippen LogP contribution in [0.5, 0.6) is 6.01 Å². The average Bonchev–Trinajstić information content (AvgIpc) is 2.63. The number of pyridine rings is 1. The maximum atomic E-state index is 12.1. The number of hydrogen-bond acceptors (Lipinski definition) is 7. The summed E-state index contributed by atoms with van der Waals surface area (Å²) in [5, 5.41) is 2.84. The number of aryl methyl sites for hydroxylation is 1. The van der Waals surface area contributed by atoms with Crippen molar-refractivity contribution < 1.29 is 9.53 Å². The molecule has 0 aliphatic carbocycles. The van der Waals surface area contributed by atoms with Crippen LogP contribution in [0.2, 0.25) is 0 Å². The summed E-state index contributed by atoms with van der Waals surface area (Å²) in [6.07, 6.45) is 3.76. The second kappa shape index (κ2) is 8.09. The molecule has 0 saturated carbocycles. The van der Waals surface area contributed by atoms with Crippen LogP contribution in [0, 0.1) is 6.92 Å². The van der Waals surface area contributed by atoms with Crippen LogP contribution < -0.4 is 20.7 Å². The minimum absolute atomic E-state index is 0.115. The summed E-state index contributed by atoms with van der Waals surface area (Å²) in [6.45, 7) is 5.49. The number of aromatic nitrogens is 3. The Balaban J connectivity index is 1.92. The molecule has 0 bridgehead atoms. The molecule has 0 unspecified atom stereocenters. The Morgan fingerprint density at radius 1 is 1.35 bits per heavy atom. The van der Waals surface area contributed by atoms with E-state index in [1.807, 2.05) is 30.2 Å². The molecule has 2 aromatic rings. The molecule has 1 aliphatic rings. The topological polar surface area (TPSA) is 106 Å². The molecule has 1 aliphatic heterocycles.